The van der Waals surface area contributed by atoms with Crippen molar-refractivity contribution in [2.24, 2.45) is 5.73 Å². The van der Waals surface area contributed by atoms with Crippen molar-refractivity contribution < 1.29 is 9.53 Å². The largest absolute Gasteiger partial charge is 0.376 e. The standard InChI is InChI=1S/C11H22N2O2S.ClH/c1-13(8-9-4-3-6-15-9)11(14)10(12)5-7-16-2;/h9-10H,3-8,12H2,1-2H3;1H/t9?,10-;/m0./s1. The van der Waals surface area contributed by atoms with Gasteiger partial charge in [-0.3, -0.25) is 4.79 Å². The molecule has 0 aromatic rings. The molecule has 1 saturated heterocycles. The Morgan fingerprint density at radius 3 is 2.88 bits per heavy atom. The first-order chi connectivity index (χ1) is 7.65. The number of amides is 1. The molecule has 1 heterocycles. The van der Waals surface area contributed by atoms with Gasteiger partial charge in [-0.2, -0.15) is 11.8 Å². The van der Waals surface area contributed by atoms with Gasteiger partial charge in [0.15, 0.2) is 0 Å². The summed E-state index contributed by atoms with van der Waals surface area (Å²) in [6.07, 6.45) is 5.13. The average Bonchev–Trinajstić information content (AvgIpc) is 2.77. The number of hydrogen-bond acceptors (Lipinski definition) is 4. The van der Waals surface area contributed by atoms with Gasteiger partial charge in [0, 0.05) is 20.2 Å². The molecule has 1 unspecified atom stereocenters. The van der Waals surface area contributed by atoms with Crippen LogP contribution in [0.25, 0.3) is 0 Å². The number of likely N-dealkylation sites (N-methyl/N-ethyl adjacent to an activating group) is 1. The number of nitrogens with two attached hydrogens (primary N) is 1. The molecule has 1 aliphatic heterocycles. The zero-order valence-electron chi connectivity index (χ0n) is 10.6. The van der Waals surface area contributed by atoms with Crippen molar-refractivity contribution >= 4 is 30.1 Å². The summed E-state index contributed by atoms with van der Waals surface area (Å²) >= 11 is 1.72. The van der Waals surface area contributed by atoms with Crippen molar-refractivity contribution in [1.82, 2.24) is 4.90 Å². The Labute approximate surface area is 114 Å². The quantitative estimate of drug-likeness (QED) is 0.793. The summed E-state index contributed by atoms with van der Waals surface area (Å²) in [4.78, 5) is 13.6. The van der Waals surface area contributed by atoms with E-state index in [1.165, 1.54) is 0 Å². The van der Waals surface area contributed by atoms with E-state index in [4.69, 9.17) is 10.5 Å². The number of hydrogen-bond donors (Lipinski definition) is 1. The van der Waals surface area contributed by atoms with Crippen LogP contribution in [0.5, 0.6) is 0 Å². The van der Waals surface area contributed by atoms with Crippen LogP contribution >= 0.6 is 24.2 Å². The van der Waals surface area contributed by atoms with Crippen LogP contribution in [0.1, 0.15) is 19.3 Å². The second kappa shape index (κ2) is 9.03. The molecule has 0 aromatic heterocycles. The normalized spacial score (nSPS) is 20.8. The summed E-state index contributed by atoms with van der Waals surface area (Å²) < 4.78 is 5.50. The minimum Gasteiger partial charge on any atom is -0.376 e. The highest BCUT2D eigenvalue weighted by Gasteiger charge is 2.23. The third-order valence-electron chi connectivity index (χ3n) is 2.83. The summed E-state index contributed by atoms with van der Waals surface area (Å²) in [5, 5.41) is 0. The van der Waals surface area contributed by atoms with E-state index < -0.39 is 0 Å². The molecule has 0 aliphatic carbocycles. The molecule has 1 amide bonds. The van der Waals surface area contributed by atoms with E-state index >= 15 is 0 Å². The number of halogens is 1. The third-order valence-corrected chi connectivity index (χ3v) is 3.47. The summed E-state index contributed by atoms with van der Waals surface area (Å²) in [5.41, 5.74) is 5.83. The predicted molar refractivity (Wildman–Crippen MR) is 74.8 cm³/mol. The number of carbonyl (C=O) groups is 1. The lowest BCUT2D eigenvalue weighted by atomic mass is 10.2. The Bertz CT molecular complexity index is 226. The van der Waals surface area contributed by atoms with E-state index in [1.54, 1.807) is 16.7 Å². The minimum absolute atomic E-state index is 0. The molecule has 6 heteroatoms. The van der Waals surface area contributed by atoms with E-state index in [-0.39, 0.29) is 30.5 Å². The summed E-state index contributed by atoms with van der Waals surface area (Å²) in [5.74, 6) is 0.963. The van der Waals surface area contributed by atoms with Crippen molar-refractivity contribution in [2.45, 2.75) is 31.4 Å². The Kier molecular flexibility index (Phi) is 9.04. The lowest BCUT2D eigenvalue weighted by Crippen LogP contribution is -2.44. The van der Waals surface area contributed by atoms with E-state index in [9.17, 15) is 4.79 Å². The number of ether oxygens (including phenoxy) is 1. The zero-order chi connectivity index (χ0) is 12.0. The molecule has 0 radical (unpaired) electrons. The van der Waals surface area contributed by atoms with Crippen LogP contribution in [0.15, 0.2) is 0 Å². The van der Waals surface area contributed by atoms with Gasteiger partial charge in [0.05, 0.1) is 12.1 Å². The van der Waals surface area contributed by atoms with E-state index in [0.29, 0.717) is 6.54 Å². The van der Waals surface area contributed by atoms with Crippen LogP contribution in [0.2, 0.25) is 0 Å². The Morgan fingerprint density at radius 1 is 1.65 bits per heavy atom. The summed E-state index contributed by atoms with van der Waals surface area (Å²) in [6, 6.07) is -0.362. The first-order valence-corrected chi connectivity index (χ1v) is 7.15. The molecule has 0 spiro atoms. The fourth-order valence-corrected chi connectivity index (χ4v) is 2.32. The third kappa shape index (κ3) is 5.95. The molecule has 1 aliphatic rings. The maximum atomic E-state index is 11.9. The smallest absolute Gasteiger partial charge is 0.239 e. The Hall–Kier alpha value is 0.0300. The minimum atomic E-state index is -0.362. The maximum absolute atomic E-state index is 11.9. The van der Waals surface area contributed by atoms with Gasteiger partial charge in [0.25, 0.3) is 0 Å². The lowest BCUT2D eigenvalue weighted by molar-refractivity contribution is -0.132. The van der Waals surface area contributed by atoms with Crippen molar-refractivity contribution in [1.29, 1.82) is 0 Å². The molecule has 0 saturated carbocycles. The SMILES string of the molecule is CSCC[C@H](N)C(=O)N(C)CC1CCCO1.Cl. The zero-order valence-corrected chi connectivity index (χ0v) is 12.2. The summed E-state index contributed by atoms with van der Waals surface area (Å²) in [7, 11) is 1.81. The van der Waals surface area contributed by atoms with Gasteiger partial charge >= 0.3 is 0 Å². The maximum Gasteiger partial charge on any atom is 0.239 e. The van der Waals surface area contributed by atoms with E-state index in [1.807, 2.05) is 13.3 Å². The lowest BCUT2D eigenvalue weighted by Gasteiger charge is -2.23. The number of nitrogens with zero attached hydrogens (tertiary/aromatic N) is 1. The number of rotatable bonds is 6. The predicted octanol–water partition coefficient (Wildman–Crippen LogP) is 1.13. The van der Waals surface area contributed by atoms with Crippen LogP contribution in [0.3, 0.4) is 0 Å². The summed E-state index contributed by atoms with van der Waals surface area (Å²) in [6.45, 7) is 1.50. The van der Waals surface area contributed by atoms with Gasteiger partial charge in [0.2, 0.25) is 5.91 Å². The molecule has 1 rings (SSSR count). The highest BCUT2D eigenvalue weighted by Crippen LogP contribution is 2.13. The van der Waals surface area contributed by atoms with Crippen molar-refractivity contribution in [3.63, 3.8) is 0 Å². The highest BCUT2D eigenvalue weighted by molar-refractivity contribution is 7.98. The molecular weight excluding hydrogens is 260 g/mol. The van der Waals surface area contributed by atoms with Crippen molar-refractivity contribution in [2.75, 3.05) is 32.2 Å². The fraction of sp³-hybridized carbons (Fsp3) is 0.909. The highest BCUT2D eigenvalue weighted by atomic mass is 35.5. The van der Waals surface area contributed by atoms with Crippen LogP contribution in [-0.2, 0) is 9.53 Å². The van der Waals surface area contributed by atoms with Gasteiger partial charge in [-0.1, -0.05) is 0 Å². The Morgan fingerprint density at radius 2 is 2.35 bits per heavy atom. The van der Waals surface area contributed by atoms with Crippen molar-refractivity contribution in [3.05, 3.63) is 0 Å². The van der Waals surface area contributed by atoms with Crippen LogP contribution in [0, 0.1) is 0 Å². The van der Waals surface area contributed by atoms with Gasteiger partial charge in [-0.05, 0) is 31.3 Å². The second-order valence-corrected chi connectivity index (χ2v) is 5.23. The van der Waals surface area contributed by atoms with Crippen LogP contribution < -0.4 is 5.73 Å². The molecular formula is C11H23ClN2O2S. The molecule has 1 fully saturated rings. The first-order valence-electron chi connectivity index (χ1n) is 5.76. The van der Waals surface area contributed by atoms with Crippen LogP contribution in [-0.4, -0.2) is 55.2 Å². The second-order valence-electron chi connectivity index (χ2n) is 4.24. The molecule has 0 aromatic carbocycles. The van der Waals surface area contributed by atoms with Gasteiger partial charge in [-0.25, -0.2) is 0 Å². The average molecular weight is 283 g/mol. The number of thioether (sulfide) groups is 1. The van der Waals surface area contributed by atoms with Crippen LogP contribution in [0.4, 0.5) is 0 Å². The van der Waals surface area contributed by atoms with Crippen molar-refractivity contribution in [3.8, 4) is 0 Å². The van der Waals surface area contributed by atoms with Gasteiger partial charge in [-0.15, -0.1) is 12.4 Å². The molecule has 2 N–H and O–H groups in total. The monoisotopic (exact) mass is 282 g/mol. The molecule has 102 valence electrons. The Balaban J connectivity index is 0.00000256. The molecule has 2 atom stereocenters. The van der Waals surface area contributed by atoms with E-state index in [2.05, 4.69) is 0 Å². The molecule has 17 heavy (non-hydrogen) atoms. The number of carbonyl (C=O) groups excluding carboxylic acids is 1. The fourth-order valence-electron chi connectivity index (χ4n) is 1.84. The topological polar surface area (TPSA) is 55.6 Å². The molecule has 4 nitrogen and oxygen atoms in total. The first kappa shape index (κ1) is 17.0. The van der Waals surface area contributed by atoms with Gasteiger partial charge in [0.1, 0.15) is 0 Å². The van der Waals surface area contributed by atoms with E-state index in [0.717, 1.165) is 31.6 Å². The van der Waals surface area contributed by atoms with Gasteiger partial charge < -0.3 is 15.4 Å². The molecule has 0 bridgehead atoms.